The molecule has 0 aliphatic rings. The summed E-state index contributed by atoms with van der Waals surface area (Å²) in [7, 11) is -3.77. The SMILES string of the molecule is Nc1ccc(Cl)cc1S(N)(=O)=O.[NaH]. The predicted molar refractivity (Wildman–Crippen MR) is 54.4 cm³/mol. The van der Waals surface area contributed by atoms with E-state index < -0.39 is 10.0 Å². The van der Waals surface area contributed by atoms with Crippen LogP contribution in [0, 0.1) is 0 Å². The van der Waals surface area contributed by atoms with E-state index in [1.807, 2.05) is 0 Å². The Kier molecular flexibility index (Phi) is 4.71. The number of benzene rings is 1. The van der Waals surface area contributed by atoms with Crippen molar-refractivity contribution in [2.45, 2.75) is 4.90 Å². The standard InChI is InChI=1S/C6H7ClN2O2S.Na.H/c7-4-1-2-5(8)6(3-4)12(9,10)11;;/h1-3H,8H2,(H2,9,10,11);;. The molecule has 0 aliphatic heterocycles. The fourth-order valence-corrected chi connectivity index (χ4v) is 1.68. The molecular weight excluding hydrogens is 223 g/mol. The van der Waals surface area contributed by atoms with Gasteiger partial charge in [-0.15, -0.1) is 0 Å². The van der Waals surface area contributed by atoms with Crippen LogP contribution in [0.25, 0.3) is 0 Å². The molecule has 0 heterocycles. The zero-order valence-corrected chi connectivity index (χ0v) is 7.56. The van der Waals surface area contributed by atoms with Gasteiger partial charge in [0.1, 0.15) is 4.90 Å². The van der Waals surface area contributed by atoms with Crippen molar-refractivity contribution in [2.75, 3.05) is 5.73 Å². The van der Waals surface area contributed by atoms with Crippen molar-refractivity contribution in [3.05, 3.63) is 23.2 Å². The van der Waals surface area contributed by atoms with Crippen molar-refractivity contribution in [3.63, 3.8) is 0 Å². The van der Waals surface area contributed by atoms with Crippen LogP contribution in [-0.2, 0) is 10.0 Å². The Bertz CT molecular complexity index is 407. The number of nitrogens with two attached hydrogens (primary N) is 2. The maximum absolute atomic E-state index is 10.8. The third kappa shape index (κ3) is 3.46. The van der Waals surface area contributed by atoms with Gasteiger partial charge in [0.2, 0.25) is 10.0 Å². The molecule has 0 spiro atoms. The number of hydrogen-bond donors (Lipinski definition) is 2. The first-order valence-corrected chi connectivity index (χ1v) is 4.91. The Morgan fingerprint density at radius 1 is 1.31 bits per heavy atom. The van der Waals surface area contributed by atoms with Gasteiger partial charge in [-0.1, -0.05) is 11.6 Å². The second kappa shape index (κ2) is 4.63. The summed E-state index contributed by atoms with van der Waals surface area (Å²) in [6, 6.07) is 4.10. The Morgan fingerprint density at radius 2 is 1.85 bits per heavy atom. The molecule has 1 rings (SSSR count). The Balaban J connectivity index is 0.00000144. The number of sulfonamides is 1. The molecule has 0 amide bonds. The fraction of sp³-hybridized carbons (Fsp3) is 0. The molecule has 1 aromatic rings. The number of nitrogen functional groups attached to an aromatic ring is 1. The number of rotatable bonds is 1. The average Bonchev–Trinajstić information content (AvgIpc) is 1.92. The molecule has 0 atom stereocenters. The van der Waals surface area contributed by atoms with Crippen molar-refractivity contribution < 1.29 is 8.42 Å². The molecule has 4 nitrogen and oxygen atoms in total. The first-order valence-electron chi connectivity index (χ1n) is 2.99. The molecule has 0 saturated carbocycles. The quantitative estimate of drug-likeness (QED) is 0.523. The monoisotopic (exact) mass is 230 g/mol. The zero-order chi connectivity index (χ0) is 9.35. The van der Waals surface area contributed by atoms with Gasteiger partial charge in [-0.3, -0.25) is 0 Å². The van der Waals surface area contributed by atoms with E-state index in [4.69, 9.17) is 22.5 Å². The van der Waals surface area contributed by atoms with E-state index in [2.05, 4.69) is 0 Å². The molecule has 13 heavy (non-hydrogen) atoms. The van der Waals surface area contributed by atoms with Crippen LogP contribution in [0.15, 0.2) is 23.1 Å². The number of primary sulfonamides is 1. The van der Waals surface area contributed by atoms with Crippen molar-refractivity contribution in [2.24, 2.45) is 5.14 Å². The van der Waals surface area contributed by atoms with Gasteiger partial charge in [-0.05, 0) is 18.2 Å². The van der Waals surface area contributed by atoms with Gasteiger partial charge >= 0.3 is 29.6 Å². The van der Waals surface area contributed by atoms with E-state index in [1.165, 1.54) is 18.2 Å². The van der Waals surface area contributed by atoms with Gasteiger partial charge < -0.3 is 5.73 Å². The zero-order valence-electron chi connectivity index (χ0n) is 5.99. The number of hydrogen-bond acceptors (Lipinski definition) is 3. The Morgan fingerprint density at radius 3 is 2.23 bits per heavy atom. The molecule has 0 unspecified atom stereocenters. The molecule has 0 fully saturated rings. The van der Waals surface area contributed by atoms with Gasteiger partial charge in [-0.25, -0.2) is 13.6 Å². The van der Waals surface area contributed by atoms with Crippen molar-refractivity contribution in [3.8, 4) is 0 Å². The molecule has 0 aliphatic carbocycles. The normalized spacial score (nSPS) is 10.6. The van der Waals surface area contributed by atoms with E-state index in [9.17, 15) is 8.42 Å². The van der Waals surface area contributed by atoms with Crippen molar-refractivity contribution in [1.82, 2.24) is 0 Å². The van der Waals surface area contributed by atoms with E-state index in [0.717, 1.165) is 0 Å². The van der Waals surface area contributed by atoms with Crippen LogP contribution in [0.3, 0.4) is 0 Å². The van der Waals surface area contributed by atoms with E-state index in [-0.39, 0.29) is 45.2 Å². The van der Waals surface area contributed by atoms with E-state index in [1.54, 1.807) is 0 Å². The molecule has 0 radical (unpaired) electrons. The first-order chi connectivity index (χ1) is 5.41. The second-order valence-electron chi connectivity index (χ2n) is 2.23. The van der Waals surface area contributed by atoms with Gasteiger partial charge in [0.05, 0.1) is 5.69 Å². The van der Waals surface area contributed by atoms with Gasteiger partial charge in [0.15, 0.2) is 0 Å². The summed E-state index contributed by atoms with van der Waals surface area (Å²) in [5.74, 6) is 0. The van der Waals surface area contributed by atoms with Crippen molar-refractivity contribution in [1.29, 1.82) is 0 Å². The van der Waals surface area contributed by atoms with Crippen LogP contribution in [0.2, 0.25) is 5.02 Å². The molecule has 1 aromatic carbocycles. The molecule has 4 N–H and O–H groups in total. The first kappa shape index (κ1) is 13.2. The van der Waals surface area contributed by atoms with E-state index in [0.29, 0.717) is 0 Å². The van der Waals surface area contributed by atoms with Gasteiger partial charge in [0.25, 0.3) is 0 Å². The van der Waals surface area contributed by atoms with Crippen molar-refractivity contribution >= 4 is 56.9 Å². The second-order valence-corrected chi connectivity index (χ2v) is 4.19. The van der Waals surface area contributed by atoms with Crippen LogP contribution in [0.5, 0.6) is 0 Å². The van der Waals surface area contributed by atoms with Crippen LogP contribution < -0.4 is 10.9 Å². The number of halogens is 1. The topological polar surface area (TPSA) is 86.2 Å². The Labute approximate surface area is 104 Å². The maximum atomic E-state index is 10.8. The van der Waals surface area contributed by atoms with Gasteiger partial charge in [-0.2, -0.15) is 0 Å². The molecule has 68 valence electrons. The summed E-state index contributed by atoms with van der Waals surface area (Å²) in [6.45, 7) is 0. The summed E-state index contributed by atoms with van der Waals surface area (Å²) in [6.07, 6.45) is 0. The summed E-state index contributed by atoms with van der Waals surface area (Å²) in [4.78, 5) is -0.144. The molecular formula is C6H8ClN2NaO2S. The molecule has 7 heteroatoms. The summed E-state index contributed by atoms with van der Waals surface area (Å²) >= 11 is 5.55. The van der Waals surface area contributed by atoms with Crippen LogP contribution >= 0.6 is 11.6 Å². The summed E-state index contributed by atoms with van der Waals surface area (Å²) in [5, 5.41) is 5.15. The molecule has 0 aromatic heterocycles. The fourth-order valence-electron chi connectivity index (χ4n) is 0.755. The van der Waals surface area contributed by atoms with Crippen LogP contribution in [0.1, 0.15) is 0 Å². The number of anilines is 1. The van der Waals surface area contributed by atoms with Crippen LogP contribution in [-0.4, -0.2) is 38.0 Å². The average molecular weight is 231 g/mol. The third-order valence-electron chi connectivity index (χ3n) is 1.28. The third-order valence-corrected chi connectivity index (χ3v) is 2.48. The minimum absolute atomic E-state index is 0. The Hall–Kier alpha value is 0.220. The molecule has 0 bridgehead atoms. The summed E-state index contributed by atoms with van der Waals surface area (Å²) < 4.78 is 21.7. The van der Waals surface area contributed by atoms with Crippen LogP contribution in [0.4, 0.5) is 5.69 Å². The minimum atomic E-state index is -3.77. The molecule has 0 saturated heterocycles. The summed E-state index contributed by atoms with van der Waals surface area (Å²) in [5.41, 5.74) is 5.46. The van der Waals surface area contributed by atoms with E-state index >= 15 is 0 Å². The predicted octanol–water partition coefficient (Wildman–Crippen LogP) is -0.0789. The van der Waals surface area contributed by atoms with Gasteiger partial charge in [0, 0.05) is 5.02 Å².